The summed E-state index contributed by atoms with van der Waals surface area (Å²) < 4.78 is 32.4. The fourth-order valence-electron chi connectivity index (χ4n) is 6.34. The van der Waals surface area contributed by atoms with E-state index in [4.69, 9.17) is 0 Å². The van der Waals surface area contributed by atoms with Crippen LogP contribution in [0.3, 0.4) is 0 Å². The molecule has 0 aliphatic carbocycles. The van der Waals surface area contributed by atoms with Crippen molar-refractivity contribution in [1.29, 1.82) is 0 Å². The largest absolute Gasteiger partial charge is 0.391 e. The number of rotatable bonds is 36. The van der Waals surface area contributed by atoms with Crippen LogP contribution in [0.4, 0.5) is 0 Å². The Hall–Kier alpha value is -0.660. The quantitative estimate of drug-likeness (QED) is 0.0458. The number of hydrogen-bond acceptors (Lipinski definition) is 4. The molecule has 0 radical (unpaired) electrons. The van der Waals surface area contributed by atoms with Crippen molar-refractivity contribution in [2.24, 2.45) is 0 Å². The van der Waals surface area contributed by atoms with Crippen LogP contribution in [-0.2, 0) is 14.9 Å². The van der Waals surface area contributed by atoms with Gasteiger partial charge in [0.1, 0.15) is 0 Å². The molecule has 0 saturated carbocycles. The molecule has 1 amide bonds. The first kappa shape index (κ1) is 44.3. The van der Waals surface area contributed by atoms with E-state index in [1.54, 1.807) is 0 Å². The molecule has 0 rings (SSSR count). The van der Waals surface area contributed by atoms with Crippen LogP contribution >= 0.6 is 0 Å². The summed E-state index contributed by atoms with van der Waals surface area (Å²) in [5.74, 6) is -0.884. The summed E-state index contributed by atoms with van der Waals surface area (Å²) in [6, 6.07) is -0.962. The molecule has 0 fully saturated rings. The first-order valence-corrected chi connectivity index (χ1v) is 21.3. The number of hydrogen-bond donors (Lipinski definition) is 3. The average Bonchev–Trinajstić information content (AvgIpc) is 3.00. The van der Waals surface area contributed by atoms with Crippen LogP contribution < -0.4 is 5.32 Å². The van der Waals surface area contributed by atoms with E-state index in [-0.39, 0.29) is 5.91 Å². The van der Waals surface area contributed by atoms with Crippen molar-refractivity contribution in [2.75, 3.05) is 5.75 Å². The summed E-state index contributed by atoms with van der Waals surface area (Å²) in [7, 11) is -4.30. The summed E-state index contributed by atoms with van der Waals surface area (Å²) in [5, 5.41) is 13.3. The Morgan fingerprint density at radius 3 is 1.11 bits per heavy atom. The number of amides is 1. The molecule has 0 heterocycles. The van der Waals surface area contributed by atoms with Crippen molar-refractivity contribution < 1.29 is 22.9 Å². The lowest BCUT2D eigenvalue weighted by atomic mass is 10.0. The molecular formula is C38H77NO5S. The standard InChI is InChI=1S/C38H77NO5S/c1-3-5-7-9-11-13-15-17-18-19-20-21-22-23-25-27-29-31-33-37(40)36(35-45(42,43)44)39-38(41)34-32-30-28-26-24-16-14-12-10-8-6-4-2/h36-37,40H,3-35H2,1-2H3,(H,39,41)(H,42,43,44). The highest BCUT2D eigenvalue weighted by Crippen LogP contribution is 2.16. The summed E-state index contributed by atoms with van der Waals surface area (Å²) in [6.07, 6.45) is 37.6. The van der Waals surface area contributed by atoms with Crippen LogP contribution in [0.1, 0.15) is 219 Å². The minimum absolute atomic E-state index is 0.243. The molecule has 0 spiro atoms. The third-order valence-corrected chi connectivity index (χ3v) is 10.1. The molecule has 2 unspecified atom stereocenters. The van der Waals surface area contributed by atoms with Gasteiger partial charge < -0.3 is 10.4 Å². The summed E-state index contributed by atoms with van der Waals surface area (Å²) in [5.41, 5.74) is 0. The van der Waals surface area contributed by atoms with Crippen LogP contribution in [0.15, 0.2) is 0 Å². The average molecular weight is 660 g/mol. The number of nitrogens with one attached hydrogen (secondary N) is 1. The molecule has 0 aromatic carbocycles. The van der Waals surface area contributed by atoms with Gasteiger partial charge >= 0.3 is 0 Å². The molecule has 0 bridgehead atoms. The van der Waals surface area contributed by atoms with Crippen molar-refractivity contribution in [3.63, 3.8) is 0 Å². The molecule has 0 saturated heterocycles. The van der Waals surface area contributed by atoms with Crippen molar-refractivity contribution >= 4 is 16.0 Å². The molecule has 270 valence electrons. The van der Waals surface area contributed by atoms with E-state index in [1.807, 2.05) is 0 Å². The minimum Gasteiger partial charge on any atom is -0.391 e. The second-order valence-corrected chi connectivity index (χ2v) is 15.4. The van der Waals surface area contributed by atoms with Gasteiger partial charge in [-0.3, -0.25) is 9.35 Å². The minimum atomic E-state index is -4.30. The maximum Gasteiger partial charge on any atom is 0.266 e. The van der Waals surface area contributed by atoms with E-state index in [0.29, 0.717) is 12.8 Å². The van der Waals surface area contributed by atoms with Gasteiger partial charge in [-0.15, -0.1) is 0 Å². The van der Waals surface area contributed by atoms with Gasteiger partial charge in [0.25, 0.3) is 10.1 Å². The van der Waals surface area contributed by atoms with Gasteiger partial charge in [0.2, 0.25) is 5.91 Å². The van der Waals surface area contributed by atoms with Gasteiger partial charge in [-0.05, 0) is 12.8 Å². The van der Waals surface area contributed by atoms with E-state index in [9.17, 15) is 22.9 Å². The fraction of sp³-hybridized carbons (Fsp3) is 0.974. The maximum atomic E-state index is 12.5. The monoisotopic (exact) mass is 660 g/mol. The second-order valence-electron chi connectivity index (χ2n) is 13.9. The van der Waals surface area contributed by atoms with Crippen molar-refractivity contribution in [2.45, 2.75) is 231 Å². The molecule has 0 aromatic rings. The molecule has 6 nitrogen and oxygen atoms in total. The zero-order valence-electron chi connectivity index (χ0n) is 30.0. The van der Waals surface area contributed by atoms with Gasteiger partial charge in [0, 0.05) is 6.42 Å². The van der Waals surface area contributed by atoms with Crippen molar-refractivity contribution in [3.05, 3.63) is 0 Å². The summed E-state index contributed by atoms with van der Waals surface area (Å²) >= 11 is 0. The lowest BCUT2D eigenvalue weighted by Gasteiger charge is -2.23. The summed E-state index contributed by atoms with van der Waals surface area (Å²) in [4.78, 5) is 12.5. The Labute approximate surface area is 280 Å². The number of unbranched alkanes of at least 4 members (excludes halogenated alkanes) is 28. The lowest BCUT2D eigenvalue weighted by Crippen LogP contribution is -2.47. The van der Waals surface area contributed by atoms with E-state index >= 15 is 0 Å². The van der Waals surface area contributed by atoms with Gasteiger partial charge in [-0.2, -0.15) is 8.42 Å². The normalized spacial score (nSPS) is 13.2. The molecule has 0 aliphatic rings. The van der Waals surface area contributed by atoms with Crippen molar-refractivity contribution in [1.82, 2.24) is 5.32 Å². The third kappa shape index (κ3) is 34.5. The molecular weight excluding hydrogens is 582 g/mol. The molecule has 0 aromatic heterocycles. The number of aliphatic hydroxyl groups excluding tert-OH is 1. The molecule has 7 heteroatoms. The smallest absolute Gasteiger partial charge is 0.266 e. The zero-order valence-corrected chi connectivity index (χ0v) is 30.8. The number of carbonyl (C=O) groups excluding carboxylic acids is 1. The Bertz CT molecular complexity index is 730. The number of carbonyl (C=O) groups is 1. The Morgan fingerprint density at radius 1 is 0.511 bits per heavy atom. The molecule has 2 atom stereocenters. The SMILES string of the molecule is CCCCCCCCCCCCCCCCCCCCC(O)C(CS(=O)(=O)O)NC(=O)CCCCCCCCCCCCCC. The molecule has 3 N–H and O–H groups in total. The van der Waals surface area contributed by atoms with Gasteiger partial charge in [0.15, 0.2) is 0 Å². The first-order valence-electron chi connectivity index (χ1n) is 19.7. The third-order valence-electron chi connectivity index (χ3n) is 9.31. The first-order chi connectivity index (χ1) is 21.8. The van der Waals surface area contributed by atoms with E-state index < -0.39 is 28.0 Å². The fourth-order valence-corrected chi connectivity index (χ4v) is 7.10. The van der Waals surface area contributed by atoms with Gasteiger partial charge in [0.05, 0.1) is 17.9 Å². The van der Waals surface area contributed by atoms with Crippen LogP contribution in [-0.4, -0.2) is 41.9 Å². The van der Waals surface area contributed by atoms with Crippen LogP contribution in [0.5, 0.6) is 0 Å². The molecule has 45 heavy (non-hydrogen) atoms. The Balaban J connectivity index is 3.83. The highest BCUT2D eigenvalue weighted by atomic mass is 32.2. The lowest BCUT2D eigenvalue weighted by molar-refractivity contribution is -0.122. The highest BCUT2D eigenvalue weighted by Gasteiger charge is 2.26. The Kier molecular flexibility index (Phi) is 32.8. The van der Waals surface area contributed by atoms with Crippen LogP contribution in [0.2, 0.25) is 0 Å². The van der Waals surface area contributed by atoms with E-state index in [0.717, 1.165) is 38.5 Å². The zero-order chi connectivity index (χ0) is 33.3. The van der Waals surface area contributed by atoms with E-state index in [2.05, 4.69) is 19.2 Å². The van der Waals surface area contributed by atoms with Gasteiger partial charge in [-0.25, -0.2) is 0 Å². The predicted molar refractivity (Wildman–Crippen MR) is 193 cm³/mol. The van der Waals surface area contributed by atoms with E-state index in [1.165, 1.54) is 154 Å². The van der Waals surface area contributed by atoms with Gasteiger partial charge in [-0.1, -0.05) is 200 Å². The van der Waals surface area contributed by atoms with Crippen LogP contribution in [0.25, 0.3) is 0 Å². The Morgan fingerprint density at radius 2 is 0.800 bits per heavy atom. The predicted octanol–water partition coefficient (Wildman–Crippen LogP) is 11.2. The second kappa shape index (κ2) is 33.2. The maximum absolute atomic E-state index is 12.5. The van der Waals surface area contributed by atoms with Crippen molar-refractivity contribution in [3.8, 4) is 0 Å². The highest BCUT2D eigenvalue weighted by molar-refractivity contribution is 7.85. The van der Waals surface area contributed by atoms with Crippen LogP contribution in [0, 0.1) is 0 Å². The number of aliphatic hydroxyl groups is 1. The summed E-state index contributed by atoms with van der Waals surface area (Å²) in [6.45, 7) is 4.52. The molecule has 0 aliphatic heterocycles. The topological polar surface area (TPSA) is 104 Å².